The topological polar surface area (TPSA) is 104 Å². The molecule has 0 saturated carbocycles. The van der Waals surface area contributed by atoms with Crippen molar-refractivity contribution >= 4 is 27.9 Å². The maximum Gasteiger partial charge on any atom is 0.332 e. The van der Waals surface area contributed by atoms with E-state index in [0.29, 0.717) is 30.2 Å². The van der Waals surface area contributed by atoms with E-state index < -0.39 is 5.69 Å². The molecule has 0 radical (unpaired) electrons. The molecule has 3 aromatic heterocycles. The van der Waals surface area contributed by atoms with Crippen molar-refractivity contribution < 1.29 is 0 Å². The molecule has 2 aliphatic rings. The Morgan fingerprint density at radius 3 is 2.59 bits per heavy atom. The molecule has 4 aromatic rings. The SMILES string of the molecule is C.CC#CCn1c(N2CCCC(N)C2)nc2c1c(=O)n(Cc1nc3c(c4ccccc14)CCCC3)c(=O)n2C. The Labute approximate surface area is 228 Å². The third-order valence-corrected chi connectivity index (χ3v) is 7.95. The summed E-state index contributed by atoms with van der Waals surface area (Å²) < 4.78 is 4.62. The highest BCUT2D eigenvalue weighted by atomic mass is 16.2. The van der Waals surface area contributed by atoms with Crippen molar-refractivity contribution in [3.8, 4) is 11.8 Å². The molecule has 2 N–H and O–H groups in total. The molecule has 9 nitrogen and oxygen atoms in total. The first-order valence-corrected chi connectivity index (χ1v) is 13.5. The highest BCUT2D eigenvalue weighted by molar-refractivity contribution is 5.88. The summed E-state index contributed by atoms with van der Waals surface area (Å²) in [4.78, 5) is 39.6. The summed E-state index contributed by atoms with van der Waals surface area (Å²) in [5.74, 6) is 6.66. The lowest BCUT2D eigenvalue weighted by atomic mass is 9.91. The van der Waals surface area contributed by atoms with Gasteiger partial charge in [0.15, 0.2) is 11.2 Å². The Morgan fingerprint density at radius 1 is 1.05 bits per heavy atom. The van der Waals surface area contributed by atoms with Gasteiger partial charge in [0, 0.05) is 37.3 Å². The van der Waals surface area contributed by atoms with Gasteiger partial charge >= 0.3 is 5.69 Å². The molecule has 1 aliphatic carbocycles. The number of anilines is 1. The number of hydrogen-bond donors (Lipinski definition) is 1. The van der Waals surface area contributed by atoms with E-state index in [1.54, 1.807) is 14.0 Å². The van der Waals surface area contributed by atoms with Crippen LogP contribution in [-0.2, 0) is 33.0 Å². The standard InChI is InChI=1S/C29H33N7O2.CH4/c1-3-4-16-35-25-26(32-28(35)34-15-9-10-19(30)17-34)33(2)29(38)36(27(25)37)18-24-22-13-6-5-11-20(22)21-12-7-8-14-23(21)31-24;/h5-6,11,13,19H,7-10,12,14-18,30H2,1-2H3;1H4. The Hall–Kier alpha value is -3.90. The van der Waals surface area contributed by atoms with Crippen LogP contribution in [0.1, 0.15) is 57.0 Å². The molecule has 1 aliphatic heterocycles. The summed E-state index contributed by atoms with van der Waals surface area (Å²) in [5.41, 5.74) is 9.37. The van der Waals surface area contributed by atoms with Crippen molar-refractivity contribution in [2.75, 3.05) is 18.0 Å². The van der Waals surface area contributed by atoms with Gasteiger partial charge in [-0.15, -0.1) is 5.92 Å². The van der Waals surface area contributed by atoms with Crippen LogP contribution in [0.3, 0.4) is 0 Å². The normalized spacial score (nSPS) is 17.0. The molecule has 204 valence electrons. The van der Waals surface area contributed by atoms with Gasteiger partial charge in [-0.25, -0.2) is 4.79 Å². The minimum Gasteiger partial charge on any atom is -0.341 e. The molecule has 1 atom stereocenters. The van der Waals surface area contributed by atoms with Crippen LogP contribution in [0.25, 0.3) is 21.9 Å². The monoisotopic (exact) mass is 527 g/mol. The molecule has 1 fully saturated rings. The van der Waals surface area contributed by atoms with Gasteiger partial charge in [-0.2, -0.15) is 4.98 Å². The van der Waals surface area contributed by atoms with Gasteiger partial charge in [0.25, 0.3) is 5.56 Å². The minimum atomic E-state index is -0.403. The van der Waals surface area contributed by atoms with Crippen LogP contribution in [0.15, 0.2) is 33.9 Å². The molecule has 4 heterocycles. The predicted molar refractivity (Wildman–Crippen MR) is 156 cm³/mol. The van der Waals surface area contributed by atoms with Gasteiger partial charge in [0.2, 0.25) is 5.95 Å². The Kier molecular flexibility index (Phi) is 7.32. The van der Waals surface area contributed by atoms with Crippen molar-refractivity contribution in [3.05, 3.63) is 62.1 Å². The van der Waals surface area contributed by atoms with Gasteiger partial charge in [0.05, 0.1) is 18.8 Å². The number of imidazole rings is 1. The fraction of sp³-hybridized carbons (Fsp3) is 0.467. The van der Waals surface area contributed by atoms with Crippen molar-refractivity contribution in [1.82, 2.24) is 23.7 Å². The second-order valence-electron chi connectivity index (χ2n) is 10.4. The number of pyridine rings is 1. The average Bonchev–Trinajstić information content (AvgIpc) is 3.33. The number of rotatable bonds is 4. The van der Waals surface area contributed by atoms with E-state index in [-0.39, 0.29) is 25.6 Å². The van der Waals surface area contributed by atoms with Gasteiger partial charge in [-0.05, 0) is 56.4 Å². The first-order valence-electron chi connectivity index (χ1n) is 13.5. The molecule has 0 bridgehead atoms. The van der Waals surface area contributed by atoms with Crippen LogP contribution in [0, 0.1) is 11.8 Å². The van der Waals surface area contributed by atoms with E-state index in [4.69, 9.17) is 15.7 Å². The summed E-state index contributed by atoms with van der Waals surface area (Å²) in [6.45, 7) is 3.63. The number of aryl methyl sites for hydroxylation is 3. The third-order valence-electron chi connectivity index (χ3n) is 7.95. The largest absolute Gasteiger partial charge is 0.341 e. The summed E-state index contributed by atoms with van der Waals surface area (Å²) >= 11 is 0. The molecule has 6 rings (SSSR count). The molecular formula is C30H37N7O2. The van der Waals surface area contributed by atoms with Gasteiger partial charge in [-0.1, -0.05) is 37.6 Å². The lowest BCUT2D eigenvalue weighted by molar-refractivity contribution is 0.496. The van der Waals surface area contributed by atoms with Crippen LogP contribution in [0.5, 0.6) is 0 Å². The average molecular weight is 528 g/mol. The van der Waals surface area contributed by atoms with Crippen molar-refractivity contribution in [1.29, 1.82) is 0 Å². The van der Waals surface area contributed by atoms with E-state index >= 15 is 0 Å². The zero-order valence-electron chi connectivity index (χ0n) is 22.0. The van der Waals surface area contributed by atoms with Crippen molar-refractivity contribution in [2.24, 2.45) is 12.8 Å². The van der Waals surface area contributed by atoms with E-state index in [1.165, 1.54) is 20.1 Å². The lowest BCUT2D eigenvalue weighted by Crippen LogP contribution is -2.44. The fourth-order valence-corrected chi connectivity index (χ4v) is 6.03. The van der Waals surface area contributed by atoms with Crippen molar-refractivity contribution in [3.63, 3.8) is 0 Å². The summed E-state index contributed by atoms with van der Waals surface area (Å²) in [6.07, 6.45) is 6.10. The highest BCUT2D eigenvalue weighted by Crippen LogP contribution is 2.30. The first kappa shape index (κ1) is 26.7. The fourth-order valence-electron chi connectivity index (χ4n) is 6.03. The third kappa shape index (κ3) is 4.53. The number of piperidine rings is 1. The molecule has 0 amide bonds. The molecule has 9 heteroatoms. The van der Waals surface area contributed by atoms with Crippen LogP contribution in [-0.4, -0.2) is 42.8 Å². The number of nitrogens with two attached hydrogens (primary N) is 1. The van der Waals surface area contributed by atoms with Crippen LogP contribution in [0.2, 0.25) is 0 Å². The number of hydrogen-bond acceptors (Lipinski definition) is 6. The number of nitrogens with zero attached hydrogens (tertiary/aromatic N) is 6. The van der Waals surface area contributed by atoms with Crippen LogP contribution >= 0.6 is 0 Å². The lowest BCUT2D eigenvalue weighted by Gasteiger charge is -2.31. The number of benzene rings is 1. The van der Waals surface area contributed by atoms with E-state index in [1.807, 2.05) is 22.8 Å². The molecule has 0 spiro atoms. The second kappa shape index (κ2) is 10.7. The Balaban J connectivity index is 0.00000308. The molecule has 1 saturated heterocycles. The smallest absolute Gasteiger partial charge is 0.332 e. The quantitative estimate of drug-likeness (QED) is 0.409. The van der Waals surface area contributed by atoms with Crippen LogP contribution < -0.4 is 21.9 Å². The summed E-state index contributed by atoms with van der Waals surface area (Å²) in [6, 6.07) is 8.24. The van der Waals surface area contributed by atoms with E-state index in [9.17, 15) is 9.59 Å². The summed E-state index contributed by atoms with van der Waals surface area (Å²) in [5, 5.41) is 2.17. The predicted octanol–water partition coefficient (Wildman–Crippen LogP) is 2.96. The molecule has 39 heavy (non-hydrogen) atoms. The maximum absolute atomic E-state index is 14.0. The van der Waals surface area contributed by atoms with Gasteiger partial charge in [-0.3, -0.25) is 23.5 Å². The van der Waals surface area contributed by atoms with Gasteiger partial charge in [0.1, 0.15) is 0 Å². The zero-order valence-corrected chi connectivity index (χ0v) is 22.0. The second-order valence-corrected chi connectivity index (χ2v) is 10.4. The molecule has 1 unspecified atom stereocenters. The summed E-state index contributed by atoms with van der Waals surface area (Å²) in [7, 11) is 1.67. The number of fused-ring (bicyclic) bond motifs is 4. The Bertz CT molecular complexity index is 1730. The maximum atomic E-state index is 14.0. The van der Waals surface area contributed by atoms with Crippen molar-refractivity contribution in [2.45, 2.75) is 72.0 Å². The van der Waals surface area contributed by atoms with E-state index in [2.05, 4.69) is 22.8 Å². The minimum absolute atomic E-state index is 0. The van der Waals surface area contributed by atoms with Crippen LogP contribution in [0.4, 0.5) is 5.95 Å². The molecule has 1 aromatic carbocycles. The zero-order chi connectivity index (χ0) is 26.4. The highest BCUT2D eigenvalue weighted by Gasteiger charge is 2.27. The first-order chi connectivity index (χ1) is 18.5. The van der Waals surface area contributed by atoms with E-state index in [0.717, 1.165) is 61.8 Å². The Morgan fingerprint density at radius 2 is 1.82 bits per heavy atom. The van der Waals surface area contributed by atoms with Gasteiger partial charge < -0.3 is 10.6 Å². The molecular weight excluding hydrogens is 490 g/mol. The number of aromatic nitrogens is 5.